The molecule has 0 aliphatic carbocycles. The van der Waals surface area contributed by atoms with E-state index in [0.717, 1.165) is 10.9 Å². The number of para-hydroxylation sites is 1. The molecule has 148 valence electrons. The standard InChI is InChI=1S/C20H19N5O4/c1-10-15(19(26)28-3)17(16(11(2)21-10)20(27)29-4)13-9-12-7-5-6-8-14(12)25-18(13)22-23-24-25/h5-9,17,21H,1-4H3. The Labute approximate surface area is 166 Å². The number of nitrogens with zero attached hydrogens (tertiary/aromatic N) is 4. The maximum Gasteiger partial charge on any atom is 0.336 e. The molecule has 4 rings (SSSR count). The Morgan fingerprint density at radius 3 is 2.28 bits per heavy atom. The molecule has 0 spiro atoms. The summed E-state index contributed by atoms with van der Waals surface area (Å²) >= 11 is 0. The molecule has 0 saturated carbocycles. The van der Waals surface area contributed by atoms with Crippen molar-refractivity contribution < 1.29 is 19.1 Å². The summed E-state index contributed by atoms with van der Waals surface area (Å²) in [7, 11) is 2.61. The Bertz CT molecular complexity index is 1190. The Hall–Kier alpha value is -3.75. The molecule has 0 saturated heterocycles. The van der Waals surface area contributed by atoms with Gasteiger partial charge in [0.1, 0.15) is 0 Å². The lowest BCUT2D eigenvalue weighted by Gasteiger charge is -2.30. The fourth-order valence-corrected chi connectivity index (χ4v) is 3.84. The van der Waals surface area contributed by atoms with Gasteiger partial charge in [-0.2, -0.15) is 4.52 Å². The summed E-state index contributed by atoms with van der Waals surface area (Å²) in [5.74, 6) is -1.85. The topological polar surface area (TPSA) is 108 Å². The van der Waals surface area contributed by atoms with Crippen molar-refractivity contribution in [2.45, 2.75) is 19.8 Å². The number of esters is 2. The van der Waals surface area contributed by atoms with Crippen LogP contribution in [0.3, 0.4) is 0 Å². The molecule has 3 aromatic rings. The number of tetrazole rings is 1. The van der Waals surface area contributed by atoms with Gasteiger partial charge in [-0.05, 0) is 36.4 Å². The van der Waals surface area contributed by atoms with Crippen LogP contribution in [0.1, 0.15) is 25.3 Å². The lowest BCUT2D eigenvalue weighted by Crippen LogP contribution is -2.32. The van der Waals surface area contributed by atoms with E-state index in [1.807, 2.05) is 30.3 Å². The van der Waals surface area contributed by atoms with Gasteiger partial charge >= 0.3 is 11.9 Å². The van der Waals surface area contributed by atoms with E-state index in [2.05, 4.69) is 20.8 Å². The van der Waals surface area contributed by atoms with Crippen molar-refractivity contribution in [3.8, 4) is 0 Å². The van der Waals surface area contributed by atoms with Crippen molar-refractivity contribution >= 4 is 28.5 Å². The average Bonchev–Trinajstić information content (AvgIpc) is 3.22. The van der Waals surface area contributed by atoms with E-state index >= 15 is 0 Å². The van der Waals surface area contributed by atoms with Crippen LogP contribution in [0.5, 0.6) is 0 Å². The van der Waals surface area contributed by atoms with E-state index in [-0.39, 0.29) is 0 Å². The van der Waals surface area contributed by atoms with Gasteiger partial charge in [0.25, 0.3) is 0 Å². The molecule has 0 radical (unpaired) electrons. The second-order valence-corrected chi connectivity index (χ2v) is 6.69. The number of benzene rings is 1. The number of nitrogens with one attached hydrogen (secondary N) is 1. The first kappa shape index (κ1) is 18.6. The summed E-state index contributed by atoms with van der Waals surface area (Å²) in [6, 6.07) is 9.50. The minimum absolute atomic E-state index is 0.304. The zero-order valence-corrected chi connectivity index (χ0v) is 16.4. The van der Waals surface area contributed by atoms with Crippen LogP contribution in [-0.4, -0.2) is 46.2 Å². The van der Waals surface area contributed by atoms with Gasteiger partial charge in [-0.1, -0.05) is 18.2 Å². The van der Waals surface area contributed by atoms with E-state index in [0.29, 0.717) is 33.8 Å². The molecule has 9 heteroatoms. The highest BCUT2D eigenvalue weighted by Gasteiger charge is 2.39. The SMILES string of the molecule is COC(=O)C1=C(C)NC(C)=C(C(=O)OC)C1c1cc2ccccc2n2nnnc12. The second-order valence-electron chi connectivity index (χ2n) is 6.69. The first-order valence-electron chi connectivity index (χ1n) is 8.92. The van der Waals surface area contributed by atoms with Gasteiger partial charge in [-0.25, -0.2) is 9.59 Å². The zero-order chi connectivity index (χ0) is 20.7. The molecule has 0 amide bonds. The fraction of sp³-hybridized carbons (Fsp3) is 0.250. The Kier molecular flexibility index (Phi) is 4.50. The summed E-state index contributed by atoms with van der Waals surface area (Å²) in [6.45, 7) is 3.52. The number of allylic oxidation sites excluding steroid dienone is 2. The van der Waals surface area contributed by atoms with Crippen LogP contribution < -0.4 is 5.32 Å². The van der Waals surface area contributed by atoms with Gasteiger partial charge in [0, 0.05) is 22.3 Å². The summed E-state index contributed by atoms with van der Waals surface area (Å²) in [6.07, 6.45) is 0. The predicted octanol–water partition coefficient (Wildman–Crippen LogP) is 1.86. The highest BCUT2D eigenvalue weighted by atomic mass is 16.5. The van der Waals surface area contributed by atoms with E-state index in [4.69, 9.17) is 9.47 Å². The van der Waals surface area contributed by atoms with Gasteiger partial charge in [0.05, 0.1) is 36.8 Å². The maximum absolute atomic E-state index is 12.7. The lowest BCUT2D eigenvalue weighted by atomic mass is 9.80. The number of dihydropyridines is 1. The quantitative estimate of drug-likeness (QED) is 0.672. The Morgan fingerprint density at radius 1 is 1.03 bits per heavy atom. The smallest absolute Gasteiger partial charge is 0.336 e. The number of methoxy groups -OCH3 is 2. The van der Waals surface area contributed by atoms with Crippen LogP contribution >= 0.6 is 0 Å². The molecule has 1 N–H and O–H groups in total. The lowest BCUT2D eigenvalue weighted by molar-refractivity contribution is -0.137. The van der Waals surface area contributed by atoms with Crippen molar-refractivity contribution in [2.24, 2.45) is 0 Å². The zero-order valence-electron chi connectivity index (χ0n) is 16.4. The van der Waals surface area contributed by atoms with E-state index in [1.165, 1.54) is 14.2 Å². The molecular formula is C20H19N5O4. The first-order valence-corrected chi connectivity index (χ1v) is 8.92. The number of carbonyl (C=O) groups is 2. The minimum Gasteiger partial charge on any atom is -0.466 e. The molecule has 9 nitrogen and oxygen atoms in total. The van der Waals surface area contributed by atoms with E-state index < -0.39 is 17.9 Å². The number of fused-ring (bicyclic) bond motifs is 3. The third kappa shape index (κ3) is 2.82. The number of hydrogen-bond donors (Lipinski definition) is 1. The van der Waals surface area contributed by atoms with Gasteiger partial charge in [0.2, 0.25) is 0 Å². The fourth-order valence-electron chi connectivity index (χ4n) is 3.84. The number of pyridine rings is 1. The Morgan fingerprint density at radius 2 is 1.66 bits per heavy atom. The molecular weight excluding hydrogens is 374 g/mol. The van der Waals surface area contributed by atoms with Gasteiger partial charge in [-0.3, -0.25) is 0 Å². The van der Waals surface area contributed by atoms with Crippen molar-refractivity contribution in [1.29, 1.82) is 0 Å². The minimum atomic E-state index is -0.755. The molecule has 1 aliphatic heterocycles. The van der Waals surface area contributed by atoms with Crippen LogP contribution in [-0.2, 0) is 19.1 Å². The maximum atomic E-state index is 12.7. The van der Waals surface area contributed by atoms with Crippen molar-refractivity contribution in [3.05, 3.63) is 58.4 Å². The molecule has 0 unspecified atom stereocenters. The summed E-state index contributed by atoms with van der Waals surface area (Å²) in [5, 5.41) is 16.0. The third-order valence-electron chi connectivity index (χ3n) is 5.09. The largest absolute Gasteiger partial charge is 0.466 e. The summed E-state index contributed by atoms with van der Waals surface area (Å²) in [5.41, 5.74) is 3.65. The second kappa shape index (κ2) is 7.01. The molecule has 3 heterocycles. The molecule has 0 bridgehead atoms. The monoisotopic (exact) mass is 393 g/mol. The highest BCUT2D eigenvalue weighted by molar-refractivity contribution is 6.01. The molecule has 1 aromatic carbocycles. The van der Waals surface area contributed by atoms with Gasteiger partial charge in [-0.15, -0.1) is 5.10 Å². The van der Waals surface area contributed by atoms with Crippen LogP contribution in [0, 0.1) is 0 Å². The first-order chi connectivity index (χ1) is 14.0. The van der Waals surface area contributed by atoms with Crippen LogP contribution in [0.2, 0.25) is 0 Å². The molecule has 2 aromatic heterocycles. The van der Waals surface area contributed by atoms with Crippen molar-refractivity contribution in [1.82, 2.24) is 25.4 Å². The number of aromatic nitrogens is 4. The number of carbonyl (C=O) groups excluding carboxylic acids is 2. The predicted molar refractivity (Wildman–Crippen MR) is 104 cm³/mol. The van der Waals surface area contributed by atoms with Gasteiger partial charge < -0.3 is 14.8 Å². The van der Waals surface area contributed by atoms with Gasteiger partial charge in [0.15, 0.2) is 5.65 Å². The molecule has 29 heavy (non-hydrogen) atoms. The third-order valence-corrected chi connectivity index (χ3v) is 5.09. The van der Waals surface area contributed by atoms with Crippen molar-refractivity contribution in [2.75, 3.05) is 14.2 Å². The van der Waals surface area contributed by atoms with Crippen LogP contribution in [0.4, 0.5) is 0 Å². The molecule has 1 aliphatic rings. The number of ether oxygens (including phenoxy) is 2. The van der Waals surface area contributed by atoms with Crippen molar-refractivity contribution in [3.63, 3.8) is 0 Å². The van der Waals surface area contributed by atoms with E-state index in [9.17, 15) is 9.59 Å². The number of hydrogen-bond acceptors (Lipinski definition) is 8. The normalized spacial score (nSPS) is 15.0. The molecule has 0 fully saturated rings. The highest BCUT2D eigenvalue weighted by Crippen LogP contribution is 2.41. The molecule has 0 atom stereocenters. The number of rotatable bonds is 3. The van der Waals surface area contributed by atoms with E-state index in [1.54, 1.807) is 18.4 Å². The summed E-state index contributed by atoms with van der Waals surface area (Å²) < 4.78 is 11.6. The Balaban J connectivity index is 2.09. The van der Waals surface area contributed by atoms with Crippen LogP contribution in [0.15, 0.2) is 52.9 Å². The van der Waals surface area contributed by atoms with Crippen LogP contribution in [0.25, 0.3) is 16.6 Å². The average molecular weight is 393 g/mol. The summed E-state index contributed by atoms with van der Waals surface area (Å²) in [4.78, 5) is 25.4.